The molecule has 4 heterocycles. The molecule has 3 aromatic rings. The van der Waals surface area contributed by atoms with Crippen LogP contribution >= 0.6 is 0 Å². The van der Waals surface area contributed by atoms with Crippen molar-refractivity contribution >= 4 is 17.2 Å². The lowest BCUT2D eigenvalue weighted by Crippen LogP contribution is -2.39. The van der Waals surface area contributed by atoms with Gasteiger partial charge in [-0.3, -0.25) is 4.79 Å². The zero-order chi connectivity index (χ0) is 23.2. The van der Waals surface area contributed by atoms with Crippen LogP contribution in [-0.2, 0) is 29.3 Å². The summed E-state index contributed by atoms with van der Waals surface area (Å²) in [5.74, 6) is -0.645. The van der Waals surface area contributed by atoms with Gasteiger partial charge in [0.25, 0.3) is 0 Å². The summed E-state index contributed by atoms with van der Waals surface area (Å²) < 4.78 is 25.8. The molecule has 33 heavy (non-hydrogen) atoms. The van der Waals surface area contributed by atoms with Crippen LogP contribution in [0, 0.1) is 17.2 Å². The minimum Gasteiger partial charge on any atom is -0.463 e. The second-order valence-electron chi connectivity index (χ2n) is 8.49. The first-order chi connectivity index (χ1) is 15.9. The summed E-state index contributed by atoms with van der Waals surface area (Å²) in [6.45, 7) is 3.44. The summed E-state index contributed by atoms with van der Waals surface area (Å²) in [6.07, 6.45) is -1.26. The number of benzene rings is 1. The highest BCUT2D eigenvalue weighted by Gasteiger charge is 2.64. The van der Waals surface area contributed by atoms with Crippen LogP contribution in [-0.4, -0.2) is 40.5 Å². The Hall–Kier alpha value is -3.45. The molecule has 0 radical (unpaired) electrons. The Labute approximate surface area is 190 Å². The molecule has 170 valence electrons. The number of aromatic nitrogens is 2. The van der Waals surface area contributed by atoms with Crippen molar-refractivity contribution in [3.05, 3.63) is 66.0 Å². The number of esters is 1. The fourth-order valence-electron chi connectivity index (χ4n) is 4.34. The maximum Gasteiger partial charge on any atom is 0.308 e. The average Bonchev–Trinajstić information content (AvgIpc) is 3.52. The molecule has 9 heteroatoms. The van der Waals surface area contributed by atoms with Crippen LogP contribution in [0.3, 0.4) is 0 Å². The normalized spacial score (nSPS) is 28.7. The molecule has 5 atom stereocenters. The summed E-state index contributed by atoms with van der Waals surface area (Å²) in [4.78, 5) is 12.1. The van der Waals surface area contributed by atoms with Crippen molar-refractivity contribution in [2.75, 3.05) is 12.3 Å². The lowest BCUT2D eigenvalue weighted by Gasteiger charge is -2.27. The standard InChI is InChI=1S/C24H24N4O5/c1-14(2)22(29)30-12-18-20-21(32-23(31-20)15-6-4-3-5-7-15)24(13-25,33-18)19-9-8-17-16(26)10-11-27-28(17)19/h3-11,14,18,20-21,23H,12,26H2,1-2H3/t18-,20-,21-,23?,24+/m1/s1. The Bertz CT molecular complexity index is 1220. The van der Waals surface area contributed by atoms with Gasteiger partial charge in [-0.1, -0.05) is 44.2 Å². The number of hydrogen-bond donors (Lipinski definition) is 1. The number of anilines is 1. The highest BCUT2D eigenvalue weighted by atomic mass is 16.8. The molecule has 2 aliphatic heterocycles. The lowest BCUT2D eigenvalue weighted by molar-refractivity contribution is -0.172. The van der Waals surface area contributed by atoms with E-state index in [1.807, 2.05) is 30.3 Å². The molecule has 2 fully saturated rings. The van der Waals surface area contributed by atoms with Gasteiger partial charge >= 0.3 is 5.97 Å². The molecule has 2 saturated heterocycles. The molecule has 2 N–H and O–H groups in total. The Morgan fingerprint density at radius 3 is 2.76 bits per heavy atom. The number of nitrogen functional groups attached to an aromatic ring is 1. The highest BCUT2D eigenvalue weighted by molar-refractivity contribution is 5.71. The number of nitrogens with zero attached hydrogens (tertiary/aromatic N) is 3. The molecule has 0 aliphatic carbocycles. The predicted molar refractivity (Wildman–Crippen MR) is 116 cm³/mol. The summed E-state index contributed by atoms with van der Waals surface area (Å²) in [6, 6.07) is 17.0. The second kappa shape index (κ2) is 8.15. The maximum atomic E-state index is 12.1. The molecule has 2 aromatic heterocycles. The quantitative estimate of drug-likeness (QED) is 0.592. The SMILES string of the molecule is CC(C)C(=O)OC[C@H]1O[C@@](C#N)(c2ccc3c(N)ccnn23)[C@@H]2OC(c3ccccc3)O[C@@H]21. The van der Waals surface area contributed by atoms with E-state index in [1.165, 1.54) is 0 Å². The summed E-state index contributed by atoms with van der Waals surface area (Å²) in [5, 5.41) is 14.8. The van der Waals surface area contributed by atoms with E-state index >= 15 is 0 Å². The van der Waals surface area contributed by atoms with Gasteiger partial charge in [-0.2, -0.15) is 10.4 Å². The summed E-state index contributed by atoms with van der Waals surface area (Å²) >= 11 is 0. The minimum absolute atomic E-state index is 0.0641. The van der Waals surface area contributed by atoms with Gasteiger partial charge in [0, 0.05) is 11.8 Å². The first-order valence-electron chi connectivity index (χ1n) is 10.8. The predicted octanol–water partition coefficient (Wildman–Crippen LogP) is 2.72. The van der Waals surface area contributed by atoms with Crippen LogP contribution in [0.2, 0.25) is 0 Å². The van der Waals surface area contributed by atoms with Crippen LogP contribution in [0.15, 0.2) is 54.7 Å². The van der Waals surface area contributed by atoms with E-state index < -0.39 is 30.2 Å². The van der Waals surface area contributed by atoms with E-state index in [1.54, 1.807) is 42.8 Å². The van der Waals surface area contributed by atoms with Gasteiger partial charge in [-0.25, -0.2) is 4.52 Å². The molecule has 0 bridgehead atoms. The fraction of sp³-hybridized carbons (Fsp3) is 0.375. The molecule has 0 saturated carbocycles. The summed E-state index contributed by atoms with van der Waals surface area (Å²) in [7, 11) is 0. The van der Waals surface area contributed by atoms with E-state index in [4.69, 9.17) is 24.7 Å². The molecule has 1 unspecified atom stereocenters. The second-order valence-corrected chi connectivity index (χ2v) is 8.49. The smallest absolute Gasteiger partial charge is 0.308 e. The van der Waals surface area contributed by atoms with E-state index in [0.717, 1.165) is 5.56 Å². The molecular weight excluding hydrogens is 424 g/mol. The summed E-state index contributed by atoms with van der Waals surface area (Å²) in [5.41, 5.74) is 7.01. The minimum atomic E-state index is -1.55. The van der Waals surface area contributed by atoms with Crippen LogP contribution < -0.4 is 5.73 Å². The number of nitriles is 1. The Morgan fingerprint density at radius 2 is 2.03 bits per heavy atom. The average molecular weight is 448 g/mol. The monoisotopic (exact) mass is 448 g/mol. The molecule has 9 nitrogen and oxygen atoms in total. The fourth-order valence-corrected chi connectivity index (χ4v) is 4.34. The molecule has 2 aliphatic rings. The zero-order valence-corrected chi connectivity index (χ0v) is 18.3. The molecular formula is C24H24N4O5. The van der Waals surface area contributed by atoms with E-state index in [9.17, 15) is 10.1 Å². The van der Waals surface area contributed by atoms with Crippen LogP contribution in [0.4, 0.5) is 5.69 Å². The molecule has 1 aromatic carbocycles. The van der Waals surface area contributed by atoms with E-state index in [2.05, 4.69) is 11.2 Å². The van der Waals surface area contributed by atoms with Crippen LogP contribution in [0.25, 0.3) is 5.52 Å². The van der Waals surface area contributed by atoms with Gasteiger partial charge in [0.2, 0.25) is 5.60 Å². The third kappa shape index (κ3) is 3.43. The first-order valence-corrected chi connectivity index (χ1v) is 10.8. The number of rotatable bonds is 5. The molecule has 0 amide bonds. The Balaban J connectivity index is 1.55. The number of carbonyl (C=O) groups excluding carboxylic acids is 1. The zero-order valence-electron chi connectivity index (χ0n) is 18.3. The van der Waals surface area contributed by atoms with Gasteiger partial charge in [0.15, 0.2) is 6.29 Å². The molecule has 5 rings (SSSR count). The van der Waals surface area contributed by atoms with Crippen molar-refractivity contribution in [2.45, 2.75) is 44.1 Å². The van der Waals surface area contributed by atoms with Gasteiger partial charge in [0.1, 0.15) is 31.0 Å². The third-order valence-electron chi connectivity index (χ3n) is 6.02. The Morgan fingerprint density at radius 1 is 1.24 bits per heavy atom. The van der Waals surface area contributed by atoms with Gasteiger partial charge in [0.05, 0.1) is 22.8 Å². The van der Waals surface area contributed by atoms with Crippen molar-refractivity contribution < 1.29 is 23.7 Å². The number of hydrogen-bond acceptors (Lipinski definition) is 8. The topological polar surface area (TPSA) is 121 Å². The van der Waals surface area contributed by atoms with Gasteiger partial charge in [-0.15, -0.1) is 0 Å². The number of ether oxygens (including phenoxy) is 4. The van der Waals surface area contributed by atoms with Crippen molar-refractivity contribution in [1.29, 1.82) is 5.26 Å². The van der Waals surface area contributed by atoms with E-state index in [-0.39, 0.29) is 18.5 Å². The first kappa shape index (κ1) is 21.4. The van der Waals surface area contributed by atoms with E-state index in [0.29, 0.717) is 16.9 Å². The highest BCUT2D eigenvalue weighted by Crippen LogP contribution is 2.50. The maximum absolute atomic E-state index is 12.1. The number of nitrogens with two attached hydrogens (primary N) is 1. The van der Waals surface area contributed by atoms with Crippen molar-refractivity contribution in [2.24, 2.45) is 5.92 Å². The van der Waals surface area contributed by atoms with Crippen LogP contribution in [0.1, 0.15) is 31.4 Å². The van der Waals surface area contributed by atoms with Gasteiger partial charge in [-0.05, 0) is 18.2 Å². The largest absolute Gasteiger partial charge is 0.463 e. The Kier molecular flexibility index (Phi) is 5.29. The van der Waals surface area contributed by atoms with Gasteiger partial charge < -0.3 is 24.7 Å². The third-order valence-corrected chi connectivity index (χ3v) is 6.02. The van der Waals surface area contributed by atoms with Crippen LogP contribution in [0.5, 0.6) is 0 Å². The lowest BCUT2D eigenvalue weighted by atomic mass is 9.92. The molecule has 0 spiro atoms. The van der Waals surface area contributed by atoms with Crippen molar-refractivity contribution in [3.63, 3.8) is 0 Å². The van der Waals surface area contributed by atoms with Crippen molar-refractivity contribution in [3.8, 4) is 6.07 Å². The number of fused-ring (bicyclic) bond motifs is 2. The van der Waals surface area contributed by atoms with Crippen molar-refractivity contribution in [1.82, 2.24) is 9.61 Å². The number of carbonyl (C=O) groups is 1.